The fourth-order valence-corrected chi connectivity index (χ4v) is 0.345. The van der Waals surface area contributed by atoms with E-state index in [1.54, 1.807) is 13.0 Å². The van der Waals surface area contributed by atoms with Gasteiger partial charge in [0.25, 0.3) is 0 Å². The van der Waals surface area contributed by atoms with Crippen LogP contribution in [0.3, 0.4) is 0 Å². The normalized spacial score (nSPS) is 12.8. The van der Waals surface area contributed by atoms with Crippen LogP contribution in [0, 0.1) is 11.8 Å². The zero-order valence-electron chi connectivity index (χ0n) is 5.89. The molecule has 0 radical (unpaired) electrons. The van der Waals surface area contributed by atoms with E-state index >= 15 is 0 Å². The van der Waals surface area contributed by atoms with Crippen LogP contribution >= 0.6 is 0 Å². The second-order valence-corrected chi connectivity index (χ2v) is 1.78. The average Bonchev–Trinajstić information content (AvgIpc) is 1.80. The molecule has 0 aromatic carbocycles. The number of aliphatic hydroxyl groups excluding tert-OH is 1. The summed E-state index contributed by atoms with van der Waals surface area (Å²) in [7, 11) is 0. The van der Waals surface area contributed by atoms with Crippen molar-refractivity contribution in [2.75, 3.05) is 0 Å². The third-order valence-electron chi connectivity index (χ3n) is 0.729. The van der Waals surface area contributed by atoms with Gasteiger partial charge in [0.1, 0.15) is 6.10 Å². The maximum atomic E-state index is 8.64. The lowest BCUT2D eigenvalue weighted by Crippen LogP contribution is -1.91. The van der Waals surface area contributed by atoms with Crippen LogP contribution in [0.4, 0.5) is 0 Å². The fourth-order valence-electron chi connectivity index (χ4n) is 0.345. The number of aliphatic hydroxyl groups is 1. The van der Waals surface area contributed by atoms with Gasteiger partial charge in [-0.1, -0.05) is 24.8 Å². The van der Waals surface area contributed by atoms with Crippen molar-refractivity contribution in [3.8, 4) is 11.8 Å². The Labute approximate surface area is 56.4 Å². The quantitative estimate of drug-likeness (QED) is 0.523. The van der Waals surface area contributed by atoms with Gasteiger partial charge >= 0.3 is 0 Å². The van der Waals surface area contributed by atoms with Crippen molar-refractivity contribution in [2.24, 2.45) is 0 Å². The predicted molar refractivity (Wildman–Crippen MR) is 38.9 cm³/mol. The second-order valence-electron chi connectivity index (χ2n) is 1.78. The van der Waals surface area contributed by atoms with E-state index in [2.05, 4.69) is 11.8 Å². The Hall–Kier alpha value is -0.740. The van der Waals surface area contributed by atoms with E-state index in [1.165, 1.54) is 0 Å². The Balaban J connectivity index is 3.49. The molecule has 0 bridgehead atoms. The van der Waals surface area contributed by atoms with Crippen molar-refractivity contribution in [3.63, 3.8) is 0 Å². The van der Waals surface area contributed by atoms with Gasteiger partial charge in [0.15, 0.2) is 0 Å². The van der Waals surface area contributed by atoms with Crippen molar-refractivity contribution in [2.45, 2.75) is 26.4 Å². The second kappa shape index (κ2) is 5.40. The van der Waals surface area contributed by atoms with Gasteiger partial charge in [0, 0.05) is 0 Å². The molecule has 0 aromatic rings. The minimum atomic E-state index is -0.508. The van der Waals surface area contributed by atoms with Crippen molar-refractivity contribution < 1.29 is 5.11 Å². The zero-order valence-corrected chi connectivity index (χ0v) is 5.89. The largest absolute Gasteiger partial charge is 0.381 e. The Morgan fingerprint density at radius 1 is 1.67 bits per heavy atom. The highest BCUT2D eigenvalue weighted by Crippen LogP contribution is 1.77. The van der Waals surface area contributed by atoms with Gasteiger partial charge in [-0.15, -0.1) is 0 Å². The number of hydrogen-bond donors (Lipinski definition) is 1. The Morgan fingerprint density at radius 3 is 2.78 bits per heavy atom. The third kappa shape index (κ3) is 7.26. The van der Waals surface area contributed by atoms with E-state index < -0.39 is 6.10 Å². The maximum Gasteiger partial charge on any atom is 0.112 e. The predicted octanol–water partition coefficient (Wildman–Crippen LogP) is 1.34. The van der Waals surface area contributed by atoms with Crippen LogP contribution in [-0.2, 0) is 0 Å². The highest BCUT2D eigenvalue weighted by molar-refractivity contribution is 5.16. The first-order valence-corrected chi connectivity index (χ1v) is 3.11. The molecule has 0 aliphatic heterocycles. The Kier molecular flexibility index (Phi) is 4.95. The van der Waals surface area contributed by atoms with Crippen LogP contribution in [-0.4, -0.2) is 11.2 Å². The van der Waals surface area contributed by atoms with Gasteiger partial charge in [-0.25, -0.2) is 0 Å². The van der Waals surface area contributed by atoms with E-state index in [9.17, 15) is 0 Å². The molecule has 0 amide bonds. The smallest absolute Gasteiger partial charge is 0.112 e. The van der Waals surface area contributed by atoms with Crippen LogP contribution in [0.2, 0.25) is 0 Å². The number of allylic oxidation sites excluding steroid dienone is 2. The van der Waals surface area contributed by atoms with E-state index in [4.69, 9.17) is 5.11 Å². The highest BCUT2D eigenvalue weighted by Gasteiger charge is 1.78. The summed E-state index contributed by atoms with van der Waals surface area (Å²) >= 11 is 0. The number of hydrogen-bond acceptors (Lipinski definition) is 1. The monoisotopic (exact) mass is 124 g/mol. The standard InChI is InChI=1S/C8H12O/c1-3-4-5-6-7-8(2)9/h4-5,8-9H,3H2,1-2H3. The molecule has 1 nitrogen and oxygen atoms in total. The molecule has 9 heavy (non-hydrogen) atoms. The van der Waals surface area contributed by atoms with Gasteiger partial charge in [-0.2, -0.15) is 0 Å². The molecule has 1 unspecified atom stereocenters. The van der Waals surface area contributed by atoms with Crippen molar-refractivity contribution in [1.29, 1.82) is 0 Å². The minimum absolute atomic E-state index is 0.508. The summed E-state index contributed by atoms with van der Waals surface area (Å²) in [6.45, 7) is 3.69. The highest BCUT2D eigenvalue weighted by atomic mass is 16.3. The zero-order chi connectivity index (χ0) is 7.11. The molecule has 0 saturated carbocycles. The van der Waals surface area contributed by atoms with Gasteiger partial charge in [0.2, 0.25) is 0 Å². The summed E-state index contributed by atoms with van der Waals surface area (Å²) in [5, 5.41) is 8.64. The van der Waals surface area contributed by atoms with Gasteiger partial charge in [-0.05, 0) is 19.4 Å². The molecule has 0 spiro atoms. The summed E-state index contributed by atoms with van der Waals surface area (Å²) in [6, 6.07) is 0. The molecule has 0 aromatic heterocycles. The van der Waals surface area contributed by atoms with Crippen molar-refractivity contribution >= 4 is 0 Å². The van der Waals surface area contributed by atoms with Crippen LogP contribution < -0.4 is 0 Å². The summed E-state index contributed by atoms with van der Waals surface area (Å²) in [5.41, 5.74) is 0. The molecular weight excluding hydrogens is 112 g/mol. The van der Waals surface area contributed by atoms with E-state index in [1.807, 2.05) is 13.0 Å². The average molecular weight is 124 g/mol. The molecule has 0 heterocycles. The lowest BCUT2D eigenvalue weighted by atomic mass is 10.3. The molecule has 0 saturated heterocycles. The van der Waals surface area contributed by atoms with Crippen molar-refractivity contribution in [3.05, 3.63) is 12.2 Å². The van der Waals surface area contributed by atoms with Crippen LogP contribution in [0.15, 0.2) is 12.2 Å². The van der Waals surface area contributed by atoms with Crippen LogP contribution in [0.1, 0.15) is 20.3 Å². The molecule has 0 fully saturated rings. The summed E-state index contributed by atoms with van der Waals surface area (Å²) in [6.07, 6.45) is 4.20. The van der Waals surface area contributed by atoms with Crippen molar-refractivity contribution in [1.82, 2.24) is 0 Å². The summed E-state index contributed by atoms with van der Waals surface area (Å²) in [5.74, 6) is 5.30. The molecule has 1 heteroatoms. The van der Waals surface area contributed by atoms with Gasteiger partial charge in [-0.3, -0.25) is 0 Å². The first kappa shape index (κ1) is 8.26. The molecular formula is C8H12O. The fraction of sp³-hybridized carbons (Fsp3) is 0.500. The van der Waals surface area contributed by atoms with E-state index in [0.717, 1.165) is 6.42 Å². The molecule has 1 atom stereocenters. The minimum Gasteiger partial charge on any atom is -0.381 e. The van der Waals surface area contributed by atoms with Crippen LogP contribution in [0.25, 0.3) is 0 Å². The van der Waals surface area contributed by atoms with Crippen LogP contribution in [0.5, 0.6) is 0 Å². The summed E-state index contributed by atoms with van der Waals surface area (Å²) in [4.78, 5) is 0. The van der Waals surface area contributed by atoms with Gasteiger partial charge < -0.3 is 5.11 Å². The Bertz CT molecular complexity index is 134. The van der Waals surface area contributed by atoms with Gasteiger partial charge in [0.05, 0.1) is 0 Å². The topological polar surface area (TPSA) is 20.2 Å². The lowest BCUT2D eigenvalue weighted by Gasteiger charge is -1.83. The summed E-state index contributed by atoms with van der Waals surface area (Å²) < 4.78 is 0. The lowest BCUT2D eigenvalue weighted by molar-refractivity contribution is 0.253. The molecule has 0 rings (SSSR count). The first-order valence-electron chi connectivity index (χ1n) is 3.11. The molecule has 0 aliphatic rings. The van der Waals surface area contributed by atoms with E-state index in [-0.39, 0.29) is 0 Å². The Morgan fingerprint density at radius 2 is 2.33 bits per heavy atom. The SMILES string of the molecule is CCC=CC#CC(C)O. The molecule has 0 aliphatic carbocycles. The number of rotatable bonds is 1. The first-order chi connectivity index (χ1) is 4.27. The van der Waals surface area contributed by atoms with E-state index in [0.29, 0.717) is 0 Å². The third-order valence-corrected chi connectivity index (χ3v) is 0.729. The maximum absolute atomic E-state index is 8.64. The molecule has 1 N–H and O–H groups in total. The molecule has 50 valence electrons.